The zero-order chi connectivity index (χ0) is 20.4. The van der Waals surface area contributed by atoms with Crippen molar-refractivity contribution in [2.75, 3.05) is 0 Å². The first kappa shape index (κ1) is 19.7. The van der Waals surface area contributed by atoms with Gasteiger partial charge in [-0.3, -0.25) is 10.2 Å². The molecule has 0 aliphatic carbocycles. The second kappa shape index (κ2) is 8.39. The van der Waals surface area contributed by atoms with Crippen LogP contribution in [0.25, 0.3) is 11.8 Å². The van der Waals surface area contributed by atoms with E-state index in [1.54, 1.807) is 6.08 Å². The first-order valence-corrected chi connectivity index (χ1v) is 10.7. The van der Waals surface area contributed by atoms with Crippen LogP contribution in [0.4, 0.5) is 0 Å². The summed E-state index contributed by atoms with van der Waals surface area (Å²) in [7, 11) is 0. The molecule has 1 aromatic heterocycles. The number of amidine groups is 2. The van der Waals surface area contributed by atoms with E-state index in [2.05, 4.69) is 17.0 Å². The molecule has 1 amide bonds. The number of carbonyl (C=O) groups is 1. The number of fused-ring (bicyclic) bond motifs is 1. The van der Waals surface area contributed by atoms with E-state index in [4.69, 9.17) is 17.0 Å². The Bertz CT molecular complexity index is 1050. The molecule has 1 aromatic carbocycles. The van der Waals surface area contributed by atoms with Gasteiger partial charge in [-0.25, -0.2) is 0 Å². The van der Waals surface area contributed by atoms with Crippen molar-refractivity contribution in [2.24, 2.45) is 10.1 Å². The zero-order valence-corrected chi connectivity index (χ0v) is 17.5. The molecule has 0 saturated carbocycles. The fourth-order valence-corrected chi connectivity index (χ4v) is 4.21. The van der Waals surface area contributed by atoms with Crippen molar-refractivity contribution in [3.8, 4) is 5.69 Å². The third kappa shape index (κ3) is 4.06. The van der Waals surface area contributed by atoms with Crippen LogP contribution >= 0.6 is 23.4 Å². The monoisotopic (exact) mass is 425 g/mol. The SMILES string of the molecule is CCCCCC1=NN2C(=N)/C(=C/c3cccn3-c3ccc(Cl)cc3)C(=O)N=C2S1. The maximum atomic E-state index is 12.6. The van der Waals surface area contributed by atoms with Gasteiger partial charge in [0.1, 0.15) is 5.04 Å². The minimum Gasteiger partial charge on any atom is -0.317 e. The molecule has 0 atom stereocenters. The van der Waals surface area contributed by atoms with E-state index < -0.39 is 5.91 Å². The highest BCUT2D eigenvalue weighted by molar-refractivity contribution is 8.26. The maximum Gasteiger partial charge on any atom is 0.283 e. The molecule has 0 unspecified atom stereocenters. The molecule has 2 aliphatic heterocycles. The molecule has 2 aliphatic rings. The Morgan fingerprint density at radius 2 is 2.00 bits per heavy atom. The second-order valence-corrected chi connectivity index (χ2v) is 8.23. The summed E-state index contributed by atoms with van der Waals surface area (Å²) in [4.78, 5) is 16.8. The number of aromatic nitrogens is 1. The number of hydrazone groups is 1. The molecule has 29 heavy (non-hydrogen) atoms. The van der Waals surface area contributed by atoms with Crippen molar-refractivity contribution >= 4 is 51.4 Å². The quantitative estimate of drug-likeness (QED) is 0.502. The Hall–Kier alpha value is -2.64. The predicted molar refractivity (Wildman–Crippen MR) is 120 cm³/mol. The number of carbonyl (C=O) groups excluding carboxylic acids is 1. The number of benzene rings is 1. The number of aliphatic imine (C=N–C) groups is 1. The Labute approximate surface area is 178 Å². The van der Waals surface area contributed by atoms with Gasteiger partial charge in [0.05, 0.1) is 5.57 Å². The van der Waals surface area contributed by atoms with E-state index in [0.29, 0.717) is 10.2 Å². The van der Waals surface area contributed by atoms with Crippen LogP contribution in [0.1, 0.15) is 38.3 Å². The molecule has 4 rings (SSSR count). The number of thioether (sulfide) groups is 1. The molecular formula is C21H20ClN5OS. The number of hydrogen-bond acceptors (Lipinski definition) is 4. The summed E-state index contributed by atoms with van der Waals surface area (Å²) in [6.07, 6.45) is 7.74. The number of nitrogens with one attached hydrogen (secondary N) is 1. The van der Waals surface area contributed by atoms with Crippen LogP contribution in [-0.2, 0) is 4.79 Å². The fraction of sp³-hybridized carbons (Fsp3) is 0.238. The molecule has 0 bridgehead atoms. The Morgan fingerprint density at radius 3 is 2.76 bits per heavy atom. The van der Waals surface area contributed by atoms with Gasteiger partial charge in [-0.1, -0.05) is 31.4 Å². The van der Waals surface area contributed by atoms with Gasteiger partial charge in [0.25, 0.3) is 5.91 Å². The summed E-state index contributed by atoms with van der Waals surface area (Å²) >= 11 is 7.36. The summed E-state index contributed by atoms with van der Waals surface area (Å²) in [5, 5.41) is 16.5. The van der Waals surface area contributed by atoms with Crippen LogP contribution in [0.3, 0.4) is 0 Å². The van der Waals surface area contributed by atoms with E-state index in [1.807, 2.05) is 47.2 Å². The van der Waals surface area contributed by atoms with Crippen LogP contribution in [0.2, 0.25) is 5.02 Å². The van der Waals surface area contributed by atoms with Crippen molar-refractivity contribution in [1.82, 2.24) is 9.58 Å². The van der Waals surface area contributed by atoms with Crippen molar-refractivity contribution in [2.45, 2.75) is 32.6 Å². The summed E-state index contributed by atoms with van der Waals surface area (Å²) < 4.78 is 1.93. The second-order valence-electron chi connectivity index (χ2n) is 6.75. The van der Waals surface area contributed by atoms with Crippen LogP contribution in [0.15, 0.2) is 58.3 Å². The summed E-state index contributed by atoms with van der Waals surface area (Å²) in [6.45, 7) is 2.16. The number of unbranched alkanes of at least 4 members (excludes halogenated alkanes) is 2. The van der Waals surface area contributed by atoms with Gasteiger partial charge in [-0.05, 0) is 67.1 Å². The third-order valence-corrected chi connectivity index (χ3v) is 5.89. The van der Waals surface area contributed by atoms with E-state index in [-0.39, 0.29) is 11.4 Å². The lowest BCUT2D eigenvalue weighted by Crippen LogP contribution is -2.35. The molecule has 0 fully saturated rings. The maximum absolute atomic E-state index is 12.6. The van der Waals surface area contributed by atoms with Crippen molar-refractivity contribution in [3.63, 3.8) is 0 Å². The van der Waals surface area contributed by atoms with Gasteiger partial charge in [0, 0.05) is 22.6 Å². The van der Waals surface area contributed by atoms with Gasteiger partial charge >= 0.3 is 0 Å². The van der Waals surface area contributed by atoms with Crippen LogP contribution in [0.5, 0.6) is 0 Å². The van der Waals surface area contributed by atoms with Crippen LogP contribution < -0.4 is 0 Å². The minimum atomic E-state index is -0.414. The van der Waals surface area contributed by atoms with Crippen LogP contribution in [-0.4, -0.2) is 31.5 Å². The lowest BCUT2D eigenvalue weighted by molar-refractivity contribution is -0.114. The molecule has 0 spiro atoms. The Kier molecular flexibility index (Phi) is 5.69. The van der Waals surface area contributed by atoms with Gasteiger partial charge in [-0.15, -0.1) is 0 Å². The van der Waals surface area contributed by atoms with E-state index >= 15 is 0 Å². The molecular weight excluding hydrogens is 406 g/mol. The first-order chi connectivity index (χ1) is 14.1. The molecule has 0 radical (unpaired) electrons. The van der Waals surface area contributed by atoms with E-state index in [0.717, 1.165) is 42.1 Å². The molecule has 1 N–H and O–H groups in total. The number of rotatable bonds is 6. The highest BCUT2D eigenvalue weighted by atomic mass is 35.5. The highest BCUT2D eigenvalue weighted by Crippen LogP contribution is 2.30. The molecule has 6 nitrogen and oxygen atoms in total. The van der Waals surface area contributed by atoms with Gasteiger partial charge in [0.15, 0.2) is 5.84 Å². The van der Waals surface area contributed by atoms with Crippen molar-refractivity contribution in [3.05, 3.63) is 58.9 Å². The zero-order valence-electron chi connectivity index (χ0n) is 15.9. The molecule has 148 valence electrons. The topological polar surface area (TPSA) is 73.8 Å². The standard InChI is InChI=1S/C21H20ClN5OS/c1-2-3-4-7-18-25-27-19(23)17(20(28)24-21(27)29-18)13-16-6-5-12-26(16)15-10-8-14(22)9-11-15/h5-6,8-13,23H,2-4,7H2,1H3/b17-13-,23-19?. The smallest absolute Gasteiger partial charge is 0.283 e. The molecule has 2 aromatic rings. The van der Waals surface area contributed by atoms with Gasteiger partial charge in [0.2, 0.25) is 5.17 Å². The Balaban J connectivity index is 1.62. The Morgan fingerprint density at radius 1 is 1.21 bits per heavy atom. The fourth-order valence-electron chi connectivity index (χ4n) is 3.16. The number of amides is 1. The van der Waals surface area contributed by atoms with Gasteiger partial charge in [-0.2, -0.15) is 15.1 Å². The lowest BCUT2D eigenvalue weighted by atomic mass is 10.1. The predicted octanol–water partition coefficient (Wildman–Crippen LogP) is 5.33. The van der Waals surface area contributed by atoms with Gasteiger partial charge < -0.3 is 4.57 Å². The largest absolute Gasteiger partial charge is 0.317 e. The van der Waals surface area contributed by atoms with E-state index in [9.17, 15) is 4.79 Å². The van der Waals surface area contributed by atoms with Crippen molar-refractivity contribution in [1.29, 1.82) is 5.41 Å². The molecule has 0 saturated heterocycles. The number of halogens is 1. The summed E-state index contributed by atoms with van der Waals surface area (Å²) in [5.41, 5.74) is 1.91. The van der Waals surface area contributed by atoms with E-state index in [1.165, 1.54) is 16.8 Å². The van der Waals surface area contributed by atoms with Crippen LogP contribution in [0, 0.1) is 5.41 Å². The number of hydrogen-bond donors (Lipinski definition) is 1. The first-order valence-electron chi connectivity index (χ1n) is 9.49. The van der Waals surface area contributed by atoms with Crippen molar-refractivity contribution < 1.29 is 4.79 Å². The lowest BCUT2D eigenvalue weighted by Gasteiger charge is -2.20. The molecule has 3 heterocycles. The molecule has 8 heteroatoms. The summed E-state index contributed by atoms with van der Waals surface area (Å²) in [6, 6.07) is 11.2. The summed E-state index contributed by atoms with van der Waals surface area (Å²) in [5.74, 6) is -0.357. The average molecular weight is 426 g/mol. The average Bonchev–Trinajstić information content (AvgIpc) is 3.33. The number of nitrogens with zero attached hydrogens (tertiary/aromatic N) is 4. The normalized spacial score (nSPS) is 17.6. The highest BCUT2D eigenvalue weighted by Gasteiger charge is 2.35. The minimum absolute atomic E-state index is 0.0573. The third-order valence-electron chi connectivity index (χ3n) is 4.67.